The second-order valence-corrected chi connectivity index (χ2v) is 16.2. The number of alkyl halides is 2. The summed E-state index contributed by atoms with van der Waals surface area (Å²) in [5.41, 5.74) is 2.91. The van der Waals surface area contributed by atoms with E-state index in [0.717, 1.165) is 65.6 Å². The number of aromatic nitrogens is 2. The first-order valence-electron chi connectivity index (χ1n) is 16.9. The number of nitrogens with zero attached hydrogens (tertiary/aromatic N) is 6. The third-order valence-electron chi connectivity index (χ3n) is 10.5. The van der Waals surface area contributed by atoms with E-state index < -0.39 is 15.8 Å². The Balaban J connectivity index is 1.11. The predicted octanol–water partition coefficient (Wildman–Crippen LogP) is 5.56. The zero-order valence-corrected chi connectivity index (χ0v) is 29.0. The quantitative estimate of drug-likeness (QED) is 0.256. The third-order valence-corrected chi connectivity index (χ3v) is 12.1. The fraction of sp³-hybridized carbons (Fsp3) is 0.543. The summed E-state index contributed by atoms with van der Waals surface area (Å²) >= 11 is 6.70. The second-order valence-electron chi connectivity index (χ2n) is 13.8. The number of likely N-dealkylation sites (tertiary alicyclic amines) is 1. The van der Waals surface area contributed by atoms with Crippen molar-refractivity contribution in [3.63, 3.8) is 0 Å². The van der Waals surface area contributed by atoms with E-state index in [1.165, 1.54) is 18.9 Å². The minimum absolute atomic E-state index is 0.0302. The fourth-order valence-corrected chi connectivity index (χ4v) is 9.24. The minimum Gasteiger partial charge on any atom is -0.461 e. The van der Waals surface area contributed by atoms with Crippen molar-refractivity contribution in [2.75, 3.05) is 75.0 Å². The molecule has 0 atom stereocenters. The SMILES string of the molecule is CN(CCS(=O)(=O)/C=C/CN1CCC(F)(F)C1)c1nc(OCC23CCCN2CCC3)nc2c1CCN(c1cccc3cccc(Cl)c13)C2. The van der Waals surface area contributed by atoms with Crippen LogP contribution in [0.3, 0.4) is 0 Å². The standard InChI is InChI=1S/C35H43ClF2N6O3S/c1-41(20-22-48(45,46)21-6-15-42-19-14-35(37,38)24-42)32-27-11-18-43(30-10-3-8-26-7-2-9-28(36)31(26)30)23-29(27)39-33(40-32)47-25-34-12-4-16-44(34)17-5-13-34/h2-3,6-10,21H,4-5,11-20,22-25H2,1H3/b21-6+. The van der Waals surface area contributed by atoms with E-state index in [2.05, 4.69) is 28.0 Å². The van der Waals surface area contributed by atoms with Gasteiger partial charge in [-0.2, -0.15) is 9.97 Å². The molecule has 0 N–H and O–H groups in total. The molecule has 0 saturated carbocycles. The number of benzene rings is 2. The van der Waals surface area contributed by atoms with Crippen molar-refractivity contribution in [3.05, 3.63) is 64.2 Å². The Hall–Kier alpha value is -3.06. The number of hydrogen-bond donors (Lipinski definition) is 0. The van der Waals surface area contributed by atoms with Crippen LogP contribution in [0.5, 0.6) is 6.01 Å². The van der Waals surface area contributed by atoms with Gasteiger partial charge in [-0.15, -0.1) is 0 Å². The molecule has 0 unspecified atom stereocenters. The van der Waals surface area contributed by atoms with Gasteiger partial charge in [-0.3, -0.25) is 9.80 Å². The van der Waals surface area contributed by atoms with Gasteiger partial charge in [-0.25, -0.2) is 17.2 Å². The number of anilines is 2. The van der Waals surface area contributed by atoms with Crippen molar-refractivity contribution in [1.29, 1.82) is 0 Å². The van der Waals surface area contributed by atoms with Crippen LogP contribution in [0, 0.1) is 0 Å². The second kappa shape index (κ2) is 13.3. The van der Waals surface area contributed by atoms with Crippen molar-refractivity contribution in [3.8, 4) is 6.01 Å². The molecule has 0 radical (unpaired) electrons. The van der Waals surface area contributed by atoms with Crippen LogP contribution in [-0.4, -0.2) is 105 Å². The number of rotatable bonds is 11. The van der Waals surface area contributed by atoms with Gasteiger partial charge in [0.25, 0.3) is 5.92 Å². The molecule has 3 fully saturated rings. The smallest absolute Gasteiger partial charge is 0.318 e. The monoisotopic (exact) mass is 700 g/mol. The summed E-state index contributed by atoms with van der Waals surface area (Å²) in [6.45, 7) is 4.28. The molecule has 5 heterocycles. The van der Waals surface area contributed by atoms with Gasteiger partial charge in [-0.1, -0.05) is 41.9 Å². The number of sulfone groups is 1. The Morgan fingerprint density at radius 1 is 1.04 bits per heavy atom. The van der Waals surface area contributed by atoms with Crippen molar-refractivity contribution >= 4 is 43.7 Å². The highest BCUT2D eigenvalue weighted by molar-refractivity contribution is 7.94. The largest absolute Gasteiger partial charge is 0.461 e. The molecule has 0 aliphatic carbocycles. The molecule has 2 aromatic carbocycles. The summed E-state index contributed by atoms with van der Waals surface area (Å²) < 4.78 is 59.4. The Morgan fingerprint density at radius 3 is 2.56 bits per heavy atom. The van der Waals surface area contributed by atoms with Gasteiger partial charge in [0.2, 0.25) is 0 Å². The van der Waals surface area contributed by atoms with Crippen LogP contribution in [0.2, 0.25) is 5.02 Å². The Kier molecular flexibility index (Phi) is 9.29. The minimum atomic E-state index is -3.58. The first-order valence-corrected chi connectivity index (χ1v) is 19.0. The highest BCUT2D eigenvalue weighted by atomic mass is 35.5. The average Bonchev–Trinajstić information content (AvgIpc) is 3.75. The van der Waals surface area contributed by atoms with Crippen molar-refractivity contribution < 1.29 is 21.9 Å². The lowest BCUT2D eigenvalue weighted by atomic mass is 9.95. The highest BCUT2D eigenvalue weighted by Gasteiger charge is 2.45. The predicted molar refractivity (Wildman–Crippen MR) is 186 cm³/mol. The molecule has 3 saturated heterocycles. The maximum Gasteiger partial charge on any atom is 0.318 e. The molecule has 9 nitrogen and oxygen atoms in total. The molecule has 4 aliphatic rings. The zero-order valence-electron chi connectivity index (χ0n) is 27.4. The van der Waals surface area contributed by atoms with Crippen LogP contribution in [0.1, 0.15) is 43.4 Å². The van der Waals surface area contributed by atoms with Crippen LogP contribution in [-0.2, 0) is 22.8 Å². The van der Waals surface area contributed by atoms with E-state index in [1.807, 2.05) is 30.1 Å². The van der Waals surface area contributed by atoms with E-state index in [1.54, 1.807) is 4.90 Å². The van der Waals surface area contributed by atoms with Gasteiger partial charge in [0.1, 0.15) is 12.4 Å². The molecule has 258 valence electrons. The molecule has 0 spiro atoms. The Labute approximate surface area is 286 Å². The van der Waals surface area contributed by atoms with E-state index in [-0.39, 0.29) is 43.9 Å². The molecule has 13 heteroatoms. The molecular weight excluding hydrogens is 658 g/mol. The van der Waals surface area contributed by atoms with Gasteiger partial charge >= 0.3 is 6.01 Å². The van der Waals surface area contributed by atoms with Gasteiger partial charge in [-0.05, 0) is 62.7 Å². The number of halogens is 3. The molecule has 3 aromatic rings. The summed E-state index contributed by atoms with van der Waals surface area (Å²) in [6.07, 6.45) is 6.48. The Morgan fingerprint density at radius 2 is 1.81 bits per heavy atom. The van der Waals surface area contributed by atoms with Crippen molar-refractivity contribution in [1.82, 2.24) is 19.8 Å². The molecule has 4 aliphatic heterocycles. The normalized spacial score (nSPS) is 20.9. The lowest BCUT2D eigenvalue weighted by molar-refractivity contribution is 0.0133. The first kappa shape index (κ1) is 33.4. The van der Waals surface area contributed by atoms with Crippen LogP contribution in [0.15, 0.2) is 47.9 Å². The number of hydrogen-bond acceptors (Lipinski definition) is 9. The van der Waals surface area contributed by atoms with Crippen LogP contribution < -0.4 is 14.5 Å². The maximum atomic E-state index is 13.5. The van der Waals surface area contributed by atoms with E-state index in [9.17, 15) is 17.2 Å². The lowest BCUT2D eigenvalue weighted by Crippen LogP contribution is -2.43. The number of fused-ring (bicyclic) bond motifs is 3. The zero-order chi connectivity index (χ0) is 33.5. The maximum absolute atomic E-state index is 13.5. The lowest BCUT2D eigenvalue weighted by Gasteiger charge is -2.34. The van der Waals surface area contributed by atoms with E-state index in [4.69, 9.17) is 26.3 Å². The molecular formula is C35H43ClF2N6O3S. The summed E-state index contributed by atoms with van der Waals surface area (Å²) in [6, 6.07) is 12.4. The molecule has 48 heavy (non-hydrogen) atoms. The van der Waals surface area contributed by atoms with Gasteiger partial charge in [0.15, 0.2) is 9.84 Å². The highest BCUT2D eigenvalue weighted by Crippen LogP contribution is 2.40. The van der Waals surface area contributed by atoms with Crippen molar-refractivity contribution in [2.45, 2.75) is 56.5 Å². The van der Waals surface area contributed by atoms with Gasteiger partial charge in [0.05, 0.1) is 35.1 Å². The summed E-state index contributed by atoms with van der Waals surface area (Å²) in [5.74, 6) is -2.17. The summed E-state index contributed by atoms with van der Waals surface area (Å²) in [4.78, 5) is 18.1. The molecule has 0 amide bonds. The average molecular weight is 701 g/mol. The third kappa shape index (κ3) is 6.99. The summed E-state index contributed by atoms with van der Waals surface area (Å²) in [7, 11) is -1.73. The topological polar surface area (TPSA) is 82.1 Å². The molecule has 1 aromatic heterocycles. The first-order chi connectivity index (χ1) is 23.0. The van der Waals surface area contributed by atoms with Crippen LogP contribution in [0.4, 0.5) is 20.3 Å². The van der Waals surface area contributed by atoms with Crippen LogP contribution in [0.25, 0.3) is 10.8 Å². The van der Waals surface area contributed by atoms with Gasteiger partial charge < -0.3 is 14.5 Å². The van der Waals surface area contributed by atoms with Crippen LogP contribution >= 0.6 is 11.6 Å². The molecule has 7 rings (SSSR count). The fourth-order valence-electron chi connectivity index (χ4n) is 7.91. The van der Waals surface area contributed by atoms with E-state index in [0.29, 0.717) is 36.4 Å². The number of ether oxygens (including phenoxy) is 1. The Bertz CT molecular complexity index is 1790. The van der Waals surface area contributed by atoms with Crippen molar-refractivity contribution in [2.24, 2.45) is 0 Å². The van der Waals surface area contributed by atoms with E-state index >= 15 is 0 Å². The molecule has 0 bridgehead atoms. The van der Waals surface area contributed by atoms with Gasteiger partial charge in [0, 0.05) is 61.7 Å². The summed E-state index contributed by atoms with van der Waals surface area (Å²) in [5, 5.41) is 3.93.